The number of aromatic nitrogens is 1. The molecule has 1 fully saturated rings. The first-order valence-electron chi connectivity index (χ1n) is 5.51. The Kier molecular flexibility index (Phi) is 2.87. The number of amides is 1. The summed E-state index contributed by atoms with van der Waals surface area (Å²) in [6.07, 6.45) is 1.39. The van der Waals surface area contributed by atoms with Crippen LogP contribution >= 0.6 is 0 Å². The van der Waals surface area contributed by atoms with Gasteiger partial charge in [0.25, 0.3) is 5.91 Å². The summed E-state index contributed by atoms with van der Waals surface area (Å²) in [6.45, 7) is 3.78. The molecule has 5 heteroatoms. The van der Waals surface area contributed by atoms with E-state index in [9.17, 15) is 14.3 Å². The van der Waals surface area contributed by atoms with Gasteiger partial charge in [-0.1, -0.05) is 13.8 Å². The number of carbonyl (C=O) groups is 1. The SMILES string of the molecule is CC1(C)C(O)CC1NC(=O)c1ccnc(F)c1. The van der Waals surface area contributed by atoms with Gasteiger partial charge in [0.2, 0.25) is 5.95 Å². The number of carbonyl (C=O) groups excluding carboxylic acids is 1. The molecule has 0 radical (unpaired) electrons. The normalized spacial score (nSPS) is 26.1. The van der Waals surface area contributed by atoms with Crippen molar-refractivity contribution in [3.8, 4) is 0 Å². The largest absolute Gasteiger partial charge is 0.392 e. The molecule has 92 valence electrons. The Morgan fingerprint density at radius 2 is 2.35 bits per heavy atom. The lowest BCUT2D eigenvalue weighted by Crippen LogP contribution is -2.61. The van der Waals surface area contributed by atoms with E-state index in [2.05, 4.69) is 10.3 Å². The predicted octanol–water partition coefficient (Wildman–Crippen LogP) is 1.11. The number of aliphatic hydroxyl groups excluding tert-OH is 1. The molecule has 1 aromatic rings. The Bertz CT molecular complexity index is 448. The smallest absolute Gasteiger partial charge is 0.251 e. The van der Waals surface area contributed by atoms with Gasteiger partial charge >= 0.3 is 0 Å². The van der Waals surface area contributed by atoms with Gasteiger partial charge in [-0.2, -0.15) is 4.39 Å². The van der Waals surface area contributed by atoms with Crippen molar-refractivity contribution >= 4 is 5.91 Å². The lowest BCUT2D eigenvalue weighted by Gasteiger charge is -2.49. The van der Waals surface area contributed by atoms with Gasteiger partial charge in [0.1, 0.15) is 0 Å². The zero-order valence-corrected chi connectivity index (χ0v) is 9.77. The number of rotatable bonds is 2. The van der Waals surface area contributed by atoms with Crippen LogP contribution in [0.5, 0.6) is 0 Å². The van der Waals surface area contributed by atoms with Gasteiger partial charge in [0.05, 0.1) is 6.10 Å². The summed E-state index contributed by atoms with van der Waals surface area (Å²) < 4.78 is 12.8. The third-order valence-corrected chi connectivity index (χ3v) is 3.51. The molecular weight excluding hydrogens is 223 g/mol. The van der Waals surface area contributed by atoms with Gasteiger partial charge in [-0.15, -0.1) is 0 Å². The van der Waals surface area contributed by atoms with E-state index in [1.54, 1.807) is 0 Å². The summed E-state index contributed by atoms with van der Waals surface area (Å²) in [7, 11) is 0. The summed E-state index contributed by atoms with van der Waals surface area (Å²) in [5.74, 6) is -1.01. The Morgan fingerprint density at radius 3 is 2.88 bits per heavy atom. The van der Waals surface area contributed by atoms with Crippen LogP contribution in [0, 0.1) is 11.4 Å². The van der Waals surface area contributed by atoms with Crippen LogP contribution in [0.3, 0.4) is 0 Å². The standard InChI is InChI=1S/C12H15FN2O2/c1-12(2)8(6-9(12)16)15-11(17)7-3-4-14-10(13)5-7/h3-5,8-9,16H,6H2,1-2H3,(H,15,17). The maximum absolute atomic E-state index is 12.8. The van der Waals surface area contributed by atoms with E-state index < -0.39 is 12.1 Å². The number of hydrogen-bond donors (Lipinski definition) is 2. The average molecular weight is 238 g/mol. The molecule has 2 unspecified atom stereocenters. The highest BCUT2D eigenvalue weighted by Gasteiger charge is 2.47. The third-order valence-electron chi connectivity index (χ3n) is 3.51. The van der Waals surface area contributed by atoms with Crippen LogP contribution in [0.15, 0.2) is 18.3 Å². The van der Waals surface area contributed by atoms with Crippen molar-refractivity contribution < 1.29 is 14.3 Å². The highest BCUT2D eigenvalue weighted by atomic mass is 19.1. The minimum Gasteiger partial charge on any atom is -0.392 e. The maximum atomic E-state index is 12.8. The van der Waals surface area contributed by atoms with Gasteiger partial charge in [0, 0.05) is 29.3 Å². The zero-order chi connectivity index (χ0) is 12.6. The number of aliphatic hydroxyl groups is 1. The molecule has 1 aromatic heterocycles. The second-order valence-electron chi connectivity index (χ2n) is 4.97. The summed E-state index contributed by atoms with van der Waals surface area (Å²) in [4.78, 5) is 15.2. The minimum absolute atomic E-state index is 0.0822. The fraction of sp³-hybridized carbons (Fsp3) is 0.500. The van der Waals surface area contributed by atoms with Crippen molar-refractivity contribution in [1.29, 1.82) is 0 Å². The summed E-state index contributed by atoms with van der Waals surface area (Å²) >= 11 is 0. The molecule has 1 heterocycles. The molecule has 2 rings (SSSR count). The van der Waals surface area contributed by atoms with Crippen molar-refractivity contribution in [1.82, 2.24) is 10.3 Å². The van der Waals surface area contributed by atoms with Crippen LogP contribution in [0.1, 0.15) is 30.6 Å². The highest BCUT2D eigenvalue weighted by Crippen LogP contribution is 2.40. The first-order chi connectivity index (χ1) is 7.91. The molecule has 0 saturated heterocycles. The van der Waals surface area contributed by atoms with E-state index in [0.29, 0.717) is 6.42 Å². The fourth-order valence-electron chi connectivity index (χ4n) is 1.93. The molecule has 0 aliphatic heterocycles. The minimum atomic E-state index is -0.675. The third kappa shape index (κ3) is 2.15. The molecule has 17 heavy (non-hydrogen) atoms. The zero-order valence-electron chi connectivity index (χ0n) is 9.77. The predicted molar refractivity (Wildman–Crippen MR) is 59.9 cm³/mol. The van der Waals surface area contributed by atoms with Crippen LogP contribution in [-0.4, -0.2) is 28.1 Å². The Hall–Kier alpha value is -1.49. The van der Waals surface area contributed by atoms with Crippen molar-refractivity contribution in [3.63, 3.8) is 0 Å². The van der Waals surface area contributed by atoms with Crippen molar-refractivity contribution in [2.75, 3.05) is 0 Å². The molecular formula is C12H15FN2O2. The summed E-state index contributed by atoms with van der Waals surface area (Å²) in [5, 5.41) is 12.3. The van der Waals surface area contributed by atoms with Crippen LogP contribution in [0.2, 0.25) is 0 Å². The number of nitrogens with one attached hydrogen (secondary N) is 1. The molecule has 1 saturated carbocycles. The van der Waals surface area contributed by atoms with Gasteiger partial charge in [-0.3, -0.25) is 4.79 Å². The molecule has 4 nitrogen and oxygen atoms in total. The Balaban J connectivity index is 2.04. The van der Waals surface area contributed by atoms with Crippen LogP contribution in [-0.2, 0) is 0 Å². The van der Waals surface area contributed by atoms with Crippen LogP contribution < -0.4 is 5.32 Å². The number of pyridine rings is 1. The number of hydrogen-bond acceptors (Lipinski definition) is 3. The fourth-order valence-corrected chi connectivity index (χ4v) is 1.93. The second kappa shape index (κ2) is 4.07. The van der Waals surface area contributed by atoms with Crippen molar-refractivity contribution in [3.05, 3.63) is 29.8 Å². The number of nitrogens with zero attached hydrogens (tertiary/aromatic N) is 1. The highest BCUT2D eigenvalue weighted by molar-refractivity contribution is 5.94. The van der Waals surface area contributed by atoms with Gasteiger partial charge in [0.15, 0.2) is 0 Å². The lowest BCUT2D eigenvalue weighted by atomic mass is 9.64. The first kappa shape index (κ1) is 12.0. The lowest BCUT2D eigenvalue weighted by molar-refractivity contribution is -0.0689. The van der Waals surface area contributed by atoms with E-state index in [1.807, 2.05) is 13.8 Å². The average Bonchev–Trinajstić information content (AvgIpc) is 2.28. The van der Waals surface area contributed by atoms with Crippen LogP contribution in [0.4, 0.5) is 4.39 Å². The van der Waals surface area contributed by atoms with Crippen molar-refractivity contribution in [2.45, 2.75) is 32.4 Å². The second-order valence-corrected chi connectivity index (χ2v) is 4.97. The Morgan fingerprint density at radius 1 is 1.65 bits per heavy atom. The van der Waals surface area contributed by atoms with Crippen LogP contribution in [0.25, 0.3) is 0 Å². The quantitative estimate of drug-likeness (QED) is 0.759. The van der Waals surface area contributed by atoms with Gasteiger partial charge < -0.3 is 10.4 Å². The molecule has 1 amide bonds. The topological polar surface area (TPSA) is 62.2 Å². The first-order valence-corrected chi connectivity index (χ1v) is 5.51. The van der Waals surface area contributed by atoms with Gasteiger partial charge in [-0.25, -0.2) is 4.98 Å². The van der Waals surface area contributed by atoms with E-state index in [4.69, 9.17) is 0 Å². The molecule has 0 bridgehead atoms. The molecule has 0 aromatic carbocycles. The van der Waals surface area contributed by atoms with E-state index in [1.165, 1.54) is 12.3 Å². The van der Waals surface area contributed by atoms with E-state index >= 15 is 0 Å². The Labute approximate surface area is 98.9 Å². The molecule has 2 N–H and O–H groups in total. The molecule has 1 aliphatic rings. The summed E-state index contributed by atoms with van der Waals surface area (Å²) in [5.41, 5.74) is -0.0870. The molecule has 2 atom stereocenters. The molecule has 0 spiro atoms. The molecule has 1 aliphatic carbocycles. The van der Waals surface area contributed by atoms with Gasteiger partial charge in [-0.05, 0) is 12.5 Å². The van der Waals surface area contributed by atoms with Crippen molar-refractivity contribution in [2.24, 2.45) is 5.41 Å². The van der Waals surface area contributed by atoms with E-state index in [0.717, 1.165) is 6.07 Å². The monoisotopic (exact) mass is 238 g/mol. The van der Waals surface area contributed by atoms with E-state index in [-0.39, 0.29) is 22.9 Å². The maximum Gasteiger partial charge on any atom is 0.251 e. The number of halogens is 1. The summed E-state index contributed by atoms with van der Waals surface area (Å²) in [6, 6.07) is 2.47.